The van der Waals surface area contributed by atoms with Crippen LogP contribution in [0.4, 0.5) is 11.5 Å². The zero-order valence-corrected chi connectivity index (χ0v) is 11.4. The zero-order chi connectivity index (χ0) is 14.5. The van der Waals surface area contributed by atoms with E-state index in [9.17, 15) is 10.1 Å². The van der Waals surface area contributed by atoms with E-state index in [0.29, 0.717) is 0 Å². The maximum absolute atomic E-state index is 10.6. The fourth-order valence-electron chi connectivity index (χ4n) is 2.37. The number of nitriles is 1. The van der Waals surface area contributed by atoms with Crippen LogP contribution in [-0.4, -0.2) is 47.0 Å². The predicted molar refractivity (Wildman–Crippen MR) is 74.4 cm³/mol. The Morgan fingerprint density at radius 2 is 2.15 bits per heavy atom. The summed E-state index contributed by atoms with van der Waals surface area (Å²) in [5, 5.41) is 19.6. The van der Waals surface area contributed by atoms with E-state index in [1.807, 2.05) is 6.92 Å². The third-order valence-corrected chi connectivity index (χ3v) is 3.56. The number of hydrogen-bond donors (Lipinski definition) is 0. The summed E-state index contributed by atoms with van der Waals surface area (Å²) in [6.45, 7) is 5.19. The largest absolute Gasteiger partial charge is 0.354 e. The van der Waals surface area contributed by atoms with Crippen LogP contribution in [0.1, 0.15) is 13.3 Å². The molecule has 0 saturated carbocycles. The van der Waals surface area contributed by atoms with Crippen molar-refractivity contribution >= 4 is 11.5 Å². The molecule has 1 aliphatic heterocycles. The highest BCUT2D eigenvalue weighted by atomic mass is 16.6. The zero-order valence-electron chi connectivity index (χ0n) is 11.4. The molecule has 0 radical (unpaired) electrons. The molecule has 1 aromatic heterocycles. The average molecular weight is 275 g/mol. The van der Waals surface area contributed by atoms with Gasteiger partial charge in [0.05, 0.1) is 17.0 Å². The molecule has 0 aromatic carbocycles. The summed E-state index contributed by atoms with van der Waals surface area (Å²) in [4.78, 5) is 18.5. The molecule has 0 aliphatic carbocycles. The van der Waals surface area contributed by atoms with Gasteiger partial charge in [0.15, 0.2) is 0 Å². The van der Waals surface area contributed by atoms with E-state index in [0.717, 1.165) is 38.4 Å². The van der Waals surface area contributed by atoms with Crippen LogP contribution >= 0.6 is 0 Å². The van der Waals surface area contributed by atoms with Crippen molar-refractivity contribution in [1.82, 2.24) is 9.88 Å². The fourth-order valence-corrected chi connectivity index (χ4v) is 2.37. The van der Waals surface area contributed by atoms with Crippen molar-refractivity contribution in [3.8, 4) is 6.07 Å². The second kappa shape index (κ2) is 6.30. The molecule has 20 heavy (non-hydrogen) atoms. The van der Waals surface area contributed by atoms with E-state index in [4.69, 9.17) is 5.26 Å². The van der Waals surface area contributed by atoms with Crippen LogP contribution in [0.2, 0.25) is 0 Å². The Labute approximate surface area is 117 Å². The van der Waals surface area contributed by atoms with E-state index >= 15 is 0 Å². The summed E-state index contributed by atoms with van der Waals surface area (Å²) in [6, 6.07) is 5.43. The van der Waals surface area contributed by atoms with Gasteiger partial charge in [0.1, 0.15) is 12.0 Å². The molecule has 1 unspecified atom stereocenters. The average Bonchev–Trinajstić information content (AvgIpc) is 2.49. The molecule has 1 saturated heterocycles. The van der Waals surface area contributed by atoms with Crippen molar-refractivity contribution in [2.24, 2.45) is 0 Å². The quantitative estimate of drug-likeness (QED) is 0.610. The fraction of sp³-hybridized carbons (Fsp3) is 0.538. The van der Waals surface area contributed by atoms with Crippen LogP contribution in [0.3, 0.4) is 0 Å². The van der Waals surface area contributed by atoms with Gasteiger partial charge in [-0.2, -0.15) is 5.26 Å². The van der Waals surface area contributed by atoms with Crippen molar-refractivity contribution in [1.29, 1.82) is 5.26 Å². The van der Waals surface area contributed by atoms with Crippen LogP contribution in [0, 0.1) is 21.4 Å². The van der Waals surface area contributed by atoms with E-state index < -0.39 is 4.92 Å². The van der Waals surface area contributed by atoms with Crippen LogP contribution in [-0.2, 0) is 0 Å². The first-order valence-electron chi connectivity index (χ1n) is 6.64. The van der Waals surface area contributed by atoms with Crippen molar-refractivity contribution in [3.63, 3.8) is 0 Å². The molecule has 0 N–H and O–H groups in total. The highest BCUT2D eigenvalue weighted by Gasteiger charge is 2.23. The van der Waals surface area contributed by atoms with Gasteiger partial charge in [-0.05, 0) is 12.5 Å². The van der Waals surface area contributed by atoms with Gasteiger partial charge in [-0.3, -0.25) is 15.0 Å². The monoisotopic (exact) mass is 275 g/mol. The topological polar surface area (TPSA) is 86.3 Å². The molecule has 7 heteroatoms. The summed E-state index contributed by atoms with van der Waals surface area (Å²) in [5.41, 5.74) is 0.00270. The minimum absolute atomic E-state index is 0.00270. The number of nitrogens with zero attached hydrogens (tertiary/aromatic N) is 5. The van der Waals surface area contributed by atoms with E-state index in [2.05, 4.69) is 20.9 Å². The number of rotatable bonds is 4. The molecule has 2 rings (SSSR count). The van der Waals surface area contributed by atoms with Gasteiger partial charge in [0.2, 0.25) is 0 Å². The Balaban J connectivity index is 1.97. The van der Waals surface area contributed by atoms with Crippen LogP contribution in [0.25, 0.3) is 0 Å². The second-order valence-corrected chi connectivity index (χ2v) is 4.71. The molecule has 0 spiro atoms. The third kappa shape index (κ3) is 3.03. The number of anilines is 1. The van der Waals surface area contributed by atoms with Gasteiger partial charge in [0.25, 0.3) is 5.69 Å². The van der Waals surface area contributed by atoms with E-state index in [1.165, 1.54) is 12.3 Å². The van der Waals surface area contributed by atoms with Crippen molar-refractivity contribution in [3.05, 3.63) is 28.4 Å². The highest BCUT2D eigenvalue weighted by Crippen LogP contribution is 2.18. The number of aromatic nitrogens is 1. The summed E-state index contributed by atoms with van der Waals surface area (Å²) >= 11 is 0. The number of hydrogen-bond acceptors (Lipinski definition) is 6. The van der Waals surface area contributed by atoms with Crippen LogP contribution < -0.4 is 4.90 Å². The maximum Gasteiger partial charge on any atom is 0.287 e. The summed E-state index contributed by atoms with van der Waals surface area (Å²) in [7, 11) is 0. The Hall–Kier alpha value is -2.20. The van der Waals surface area contributed by atoms with Gasteiger partial charge in [0, 0.05) is 32.2 Å². The van der Waals surface area contributed by atoms with Gasteiger partial charge in [-0.15, -0.1) is 0 Å². The summed E-state index contributed by atoms with van der Waals surface area (Å²) in [5.74, 6) is 0.750. The molecule has 1 atom stereocenters. The van der Waals surface area contributed by atoms with Gasteiger partial charge >= 0.3 is 0 Å². The number of piperazine rings is 1. The number of pyridine rings is 1. The minimum Gasteiger partial charge on any atom is -0.354 e. The Morgan fingerprint density at radius 3 is 2.60 bits per heavy atom. The lowest BCUT2D eigenvalue weighted by molar-refractivity contribution is -0.385. The lowest BCUT2D eigenvalue weighted by atomic mass is 10.2. The molecule has 1 fully saturated rings. The Bertz CT molecular complexity index is 502. The third-order valence-electron chi connectivity index (χ3n) is 3.56. The lowest BCUT2D eigenvalue weighted by Crippen LogP contribution is -2.50. The van der Waals surface area contributed by atoms with Gasteiger partial charge in [-0.1, -0.05) is 6.92 Å². The smallest absolute Gasteiger partial charge is 0.287 e. The molecule has 1 aromatic rings. The molecule has 7 nitrogen and oxygen atoms in total. The molecule has 0 amide bonds. The molecule has 1 aliphatic rings. The van der Waals surface area contributed by atoms with Crippen LogP contribution in [0.15, 0.2) is 18.3 Å². The lowest BCUT2D eigenvalue weighted by Gasteiger charge is -2.37. The van der Waals surface area contributed by atoms with Crippen LogP contribution in [0.5, 0.6) is 0 Å². The second-order valence-electron chi connectivity index (χ2n) is 4.71. The molecular weight excluding hydrogens is 258 g/mol. The van der Waals surface area contributed by atoms with Crippen molar-refractivity contribution in [2.75, 3.05) is 31.1 Å². The number of nitro groups is 1. The van der Waals surface area contributed by atoms with E-state index in [1.54, 1.807) is 6.07 Å². The molecule has 0 bridgehead atoms. The maximum atomic E-state index is 10.6. The first kappa shape index (κ1) is 14.2. The summed E-state index contributed by atoms with van der Waals surface area (Å²) in [6.07, 6.45) is 2.11. The first-order chi connectivity index (χ1) is 9.65. The minimum atomic E-state index is -0.451. The standard InChI is InChI=1S/C13H17N5O2/c1-2-11(9-14)16-5-7-17(8-6-16)13-4-3-12(10-15-13)18(19)20/h3-4,10-11H,2,5-8H2,1H3. The first-order valence-corrected chi connectivity index (χ1v) is 6.64. The molecule has 106 valence electrons. The van der Waals surface area contributed by atoms with Gasteiger partial charge in [-0.25, -0.2) is 4.98 Å². The van der Waals surface area contributed by atoms with E-state index in [-0.39, 0.29) is 11.7 Å². The highest BCUT2D eigenvalue weighted by molar-refractivity contribution is 5.43. The SMILES string of the molecule is CCC(C#N)N1CCN(c2ccc([N+](=O)[O-])cn2)CC1. The van der Waals surface area contributed by atoms with Crippen molar-refractivity contribution < 1.29 is 4.92 Å². The normalized spacial score (nSPS) is 17.5. The molecular formula is C13H17N5O2. The predicted octanol–water partition coefficient (Wildman–Crippen LogP) is 1.41. The Kier molecular flexibility index (Phi) is 4.48. The van der Waals surface area contributed by atoms with Gasteiger partial charge < -0.3 is 4.90 Å². The van der Waals surface area contributed by atoms with Crippen molar-refractivity contribution in [2.45, 2.75) is 19.4 Å². The summed E-state index contributed by atoms with van der Waals surface area (Å²) < 4.78 is 0. The Morgan fingerprint density at radius 1 is 1.45 bits per heavy atom. The molecule has 2 heterocycles.